The Bertz CT molecular complexity index is 1220. The highest BCUT2D eigenvalue weighted by Gasteiger charge is 2.34. The standard InChI is InChI=1S/C27H32N4O3S/c1-17(2)31(26(32)21-10-5-18(3)6-11-21)25-24(27(33)34)15-30(29-25)23-13-8-20(9-14-23)7-12-22-16-35-19(4)28-22/h7-9,12-18,21H,5-6,10-11H2,1-4H3,(H,33,34)/b12-7+. The van der Waals surface area contributed by atoms with Crippen molar-refractivity contribution in [1.29, 1.82) is 0 Å². The van der Waals surface area contributed by atoms with Gasteiger partial charge in [0.15, 0.2) is 5.82 Å². The number of anilines is 1. The zero-order chi connectivity index (χ0) is 25.1. The summed E-state index contributed by atoms with van der Waals surface area (Å²) in [4.78, 5) is 31.6. The highest BCUT2D eigenvalue weighted by molar-refractivity contribution is 7.09. The SMILES string of the molecule is Cc1nc(/C=C/c2ccc(-n3cc(C(=O)O)c(N(C(=O)C4CCC(C)CC4)C(C)C)n3)cc2)cs1. The van der Waals surface area contributed by atoms with Gasteiger partial charge < -0.3 is 5.11 Å². The van der Waals surface area contributed by atoms with Crippen molar-refractivity contribution in [3.63, 3.8) is 0 Å². The summed E-state index contributed by atoms with van der Waals surface area (Å²) in [6.45, 7) is 7.99. The van der Waals surface area contributed by atoms with Gasteiger partial charge in [0.2, 0.25) is 5.91 Å². The van der Waals surface area contributed by atoms with E-state index in [0.717, 1.165) is 47.6 Å². The first-order valence-corrected chi connectivity index (χ1v) is 13.0. The lowest BCUT2D eigenvalue weighted by Crippen LogP contribution is -2.43. The summed E-state index contributed by atoms with van der Waals surface area (Å²) in [7, 11) is 0. The van der Waals surface area contributed by atoms with Crippen LogP contribution in [-0.2, 0) is 4.79 Å². The molecule has 3 aromatic rings. The highest BCUT2D eigenvalue weighted by atomic mass is 32.1. The molecule has 0 radical (unpaired) electrons. The fraction of sp³-hybridized carbons (Fsp3) is 0.407. The van der Waals surface area contributed by atoms with Gasteiger partial charge in [-0.1, -0.05) is 25.1 Å². The van der Waals surface area contributed by atoms with Gasteiger partial charge >= 0.3 is 5.97 Å². The first-order valence-electron chi connectivity index (χ1n) is 12.1. The number of carboxylic acids is 1. The Hall–Kier alpha value is -3.26. The van der Waals surface area contributed by atoms with Crippen molar-refractivity contribution < 1.29 is 14.7 Å². The van der Waals surface area contributed by atoms with Crippen LogP contribution in [0.4, 0.5) is 5.82 Å². The summed E-state index contributed by atoms with van der Waals surface area (Å²) >= 11 is 1.61. The normalized spacial score (nSPS) is 18.3. The van der Waals surface area contributed by atoms with Gasteiger partial charge in [0.25, 0.3) is 0 Å². The maximum Gasteiger partial charge on any atom is 0.341 e. The number of benzene rings is 1. The minimum Gasteiger partial charge on any atom is -0.477 e. The lowest BCUT2D eigenvalue weighted by molar-refractivity contribution is -0.123. The third-order valence-corrected chi connectivity index (χ3v) is 7.30. The van der Waals surface area contributed by atoms with E-state index in [2.05, 4.69) is 17.0 Å². The molecule has 0 spiro atoms. The minimum atomic E-state index is -1.10. The second kappa shape index (κ2) is 10.6. The summed E-state index contributed by atoms with van der Waals surface area (Å²) in [6, 6.07) is 7.46. The first-order chi connectivity index (χ1) is 16.7. The number of amides is 1. The van der Waals surface area contributed by atoms with Crippen molar-refractivity contribution >= 4 is 41.2 Å². The predicted molar refractivity (Wildman–Crippen MR) is 140 cm³/mol. The largest absolute Gasteiger partial charge is 0.477 e. The molecule has 1 N–H and O–H groups in total. The van der Waals surface area contributed by atoms with Gasteiger partial charge in [0.05, 0.1) is 16.4 Å². The monoisotopic (exact) mass is 492 g/mol. The molecule has 2 aromatic heterocycles. The van der Waals surface area contributed by atoms with Crippen molar-refractivity contribution in [2.24, 2.45) is 11.8 Å². The summed E-state index contributed by atoms with van der Waals surface area (Å²) < 4.78 is 1.54. The molecular formula is C27H32N4O3S. The molecule has 0 saturated heterocycles. The highest BCUT2D eigenvalue weighted by Crippen LogP contribution is 2.32. The molecule has 7 nitrogen and oxygen atoms in total. The fourth-order valence-corrected chi connectivity index (χ4v) is 5.09. The Labute approximate surface area is 210 Å². The van der Waals surface area contributed by atoms with Crippen molar-refractivity contribution in [1.82, 2.24) is 14.8 Å². The molecule has 1 amide bonds. The molecule has 1 aromatic carbocycles. The van der Waals surface area contributed by atoms with Crippen LogP contribution in [-0.4, -0.2) is 37.8 Å². The zero-order valence-electron chi connectivity index (χ0n) is 20.6. The summed E-state index contributed by atoms with van der Waals surface area (Å²) in [5.74, 6) is -0.381. The molecule has 0 aliphatic heterocycles. The molecule has 1 saturated carbocycles. The summed E-state index contributed by atoms with van der Waals surface area (Å²) in [6.07, 6.45) is 9.15. The Kier molecular flexibility index (Phi) is 7.50. The van der Waals surface area contributed by atoms with Crippen LogP contribution in [0.3, 0.4) is 0 Å². The Morgan fingerprint density at radius 3 is 2.40 bits per heavy atom. The third kappa shape index (κ3) is 5.70. The molecule has 4 rings (SSSR count). The zero-order valence-corrected chi connectivity index (χ0v) is 21.5. The first kappa shape index (κ1) is 24.9. The second-order valence-corrected chi connectivity index (χ2v) is 10.7. The molecule has 1 aliphatic carbocycles. The molecule has 1 aliphatic rings. The number of hydrogen-bond acceptors (Lipinski definition) is 5. The van der Waals surface area contributed by atoms with Crippen LogP contribution in [0.5, 0.6) is 0 Å². The molecule has 0 atom stereocenters. The van der Waals surface area contributed by atoms with Crippen molar-refractivity contribution in [3.8, 4) is 5.69 Å². The van der Waals surface area contributed by atoms with Gasteiger partial charge in [0, 0.05) is 23.5 Å². The smallest absolute Gasteiger partial charge is 0.341 e. The fourth-order valence-electron chi connectivity index (χ4n) is 4.51. The van der Waals surface area contributed by atoms with E-state index in [1.54, 1.807) is 20.9 Å². The van der Waals surface area contributed by atoms with Crippen molar-refractivity contribution in [3.05, 3.63) is 57.7 Å². The van der Waals surface area contributed by atoms with Gasteiger partial charge in [-0.15, -0.1) is 16.4 Å². The van der Waals surface area contributed by atoms with Crippen LogP contribution >= 0.6 is 11.3 Å². The Morgan fingerprint density at radius 2 is 1.83 bits per heavy atom. The van der Waals surface area contributed by atoms with E-state index in [1.807, 2.05) is 62.6 Å². The molecule has 2 heterocycles. The van der Waals surface area contributed by atoms with Gasteiger partial charge in [0.1, 0.15) is 5.56 Å². The number of thiazole rings is 1. The number of aromatic nitrogens is 3. The maximum atomic E-state index is 13.5. The number of aromatic carboxylic acids is 1. The van der Waals surface area contributed by atoms with Crippen LogP contribution in [0.2, 0.25) is 0 Å². The number of rotatable bonds is 7. The van der Waals surface area contributed by atoms with Gasteiger partial charge in [-0.2, -0.15) is 0 Å². The van der Waals surface area contributed by atoms with E-state index < -0.39 is 5.97 Å². The van der Waals surface area contributed by atoms with E-state index >= 15 is 0 Å². The van der Waals surface area contributed by atoms with Gasteiger partial charge in [-0.3, -0.25) is 9.69 Å². The van der Waals surface area contributed by atoms with E-state index in [9.17, 15) is 14.7 Å². The lowest BCUT2D eigenvalue weighted by atomic mass is 9.82. The molecule has 0 bridgehead atoms. The lowest BCUT2D eigenvalue weighted by Gasteiger charge is -2.32. The van der Waals surface area contributed by atoms with E-state index in [0.29, 0.717) is 5.92 Å². The molecule has 184 valence electrons. The number of carbonyl (C=O) groups is 2. The second-order valence-electron chi connectivity index (χ2n) is 9.59. The molecule has 0 unspecified atom stereocenters. The Balaban J connectivity index is 1.60. The molecular weight excluding hydrogens is 460 g/mol. The van der Waals surface area contributed by atoms with Crippen LogP contribution < -0.4 is 4.90 Å². The average molecular weight is 493 g/mol. The molecule has 35 heavy (non-hydrogen) atoms. The van der Waals surface area contributed by atoms with E-state index in [4.69, 9.17) is 0 Å². The quantitative estimate of drug-likeness (QED) is 0.432. The van der Waals surface area contributed by atoms with Crippen molar-refractivity contribution in [2.75, 3.05) is 4.90 Å². The maximum absolute atomic E-state index is 13.5. The van der Waals surface area contributed by atoms with E-state index in [-0.39, 0.29) is 29.2 Å². The number of carbonyl (C=O) groups excluding carboxylic acids is 1. The average Bonchev–Trinajstić information content (AvgIpc) is 3.45. The minimum absolute atomic E-state index is 0.0269. The van der Waals surface area contributed by atoms with E-state index in [1.165, 1.54) is 6.20 Å². The van der Waals surface area contributed by atoms with Gasteiger partial charge in [-0.05, 0) is 76.1 Å². The van der Waals surface area contributed by atoms with Crippen LogP contribution in [0.15, 0.2) is 35.8 Å². The topological polar surface area (TPSA) is 88.3 Å². The van der Waals surface area contributed by atoms with Crippen LogP contribution in [0.25, 0.3) is 17.8 Å². The van der Waals surface area contributed by atoms with Crippen molar-refractivity contribution in [2.45, 2.75) is 59.4 Å². The van der Waals surface area contributed by atoms with Gasteiger partial charge in [-0.25, -0.2) is 14.5 Å². The third-order valence-electron chi connectivity index (χ3n) is 6.51. The Morgan fingerprint density at radius 1 is 1.14 bits per heavy atom. The summed E-state index contributed by atoms with van der Waals surface area (Å²) in [5.41, 5.74) is 2.67. The predicted octanol–water partition coefficient (Wildman–Crippen LogP) is 6.07. The number of aryl methyl sites for hydroxylation is 1. The van der Waals surface area contributed by atoms with Crippen LogP contribution in [0, 0.1) is 18.8 Å². The van der Waals surface area contributed by atoms with Crippen LogP contribution in [0.1, 0.15) is 73.1 Å². The number of nitrogens with zero attached hydrogens (tertiary/aromatic N) is 4. The molecule has 8 heteroatoms. The number of hydrogen-bond donors (Lipinski definition) is 1. The summed E-state index contributed by atoms with van der Waals surface area (Å²) in [5, 5.41) is 17.5. The molecule has 1 fully saturated rings. The number of carboxylic acid groups (broad SMARTS) is 1.